The van der Waals surface area contributed by atoms with Gasteiger partial charge in [0.15, 0.2) is 11.0 Å². The molecule has 1 atom stereocenters. The van der Waals surface area contributed by atoms with Gasteiger partial charge in [0.25, 0.3) is 0 Å². The Balaban J connectivity index is 1.51. The van der Waals surface area contributed by atoms with Crippen LogP contribution in [0.2, 0.25) is 0 Å². The maximum Gasteiger partial charge on any atom is 0.237 e. The van der Waals surface area contributed by atoms with E-state index in [0.29, 0.717) is 22.2 Å². The van der Waals surface area contributed by atoms with E-state index in [4.69, 9.17) is 4.74 Å². The van der Waals surface area contributed by atoms with Gasteiger partial charge in [-0.05, 0) is 56.2 Å². The fourth-order valence-corrected chi connectivity index (χ4v) is 3.89. The predicted molar refractivity (Wildman–Crippen MR) is 111 cm³/mol. The molecular formula is C21H21FN4O2S. The summed E-state index contributed by atoms with van der Waals surface area (Å²) in [6.07, 6.45) is 2.00. The number of rotatable bonds is 7. The number of hydrogen-bond donors (Lipinski definition) is 1. The van der Waals surface area contributed by atoms with Gasteiger partial charge in [0.05, 0.1) is 17.9 Å². The lowest BCUT2D eigenvalue weighted by Crippen LogP contribution is -2.22. The van der Waals surface area contributed by atoms with Crippen molar-refractivity contribution >= 4 is 23.4 Å². The number of nitrogens with one attached hydrogen (secondary N) is 1. The van der Waals surface area contributed by atoms with Crippen molar-refractivity contribution in [1.29, 1.82) is 0 Å². The largest absolute Gasteiger partial charge is 0.497 e. The number of methoxy groups -OCH3 is 1. The summed E-state index contributed by atoms with van der Waals surface area (Å²) < 4.78 is 21.4. The molecule has 1 aromatic heterocycles. The SMILES string of the molecule is COc1ccc(NC(=O)[C@@H](C)Sc2nnc(-c3ccccc3F)n2C2CC2)cc1. The number of carbonyl (C=O) groups excluding carboxylic acids is 1. The molecular weight excluding hydrogens is 391 g/mol. The average Bonchev–Trinajstić information content (AvgIpc) is 3.49. The third-order valence-electron chi connectivity index (χ3n) is 4.70. The zero-order valence-electron chi connectivity index (χ0n) is 16.1. The Labute approximate surface area is 172 Å². The molecule has 0 aliphatic heterocycles. The van der Waals surface area contributed by atoms with E-state index in [1.54, 1.807) is 49.6 Å². The minimum atomic E-state index is -0.396. The summed E-state index contributed by atoms with van der Waals surface area (Å²) in [5, 5.41) is 11.6. The average molecular weight is 412 g/mol. The summed E-state index contributed by atoms with van der Waals surface area (Å²) >= 11 is 1.33. The number of hydrogen-bond acceptors (Lipinski definition) is 5. The molecule has 1 saturated carbocycles. The highest BCUT2D eigenvalue weighted by Crippen LogP contribution is 2.42. The molecule has 1 aliphatic carbocycles. The monoisotopic (exact) mass is 412 g/mol. The second-order valence-electron chi connectivity index (χ2n) is 6.87. The Hall–Kier alpha value is -2.87. The number of thioether (sulfide) groups is 1. The van der Waals surface area contributed by atoms with Crippen molar-refractivity contribution in [1.82, 2.24) is 14.8 Å². The molecule has 0 unspecified atom stereocenters. The van der Waals surface area contributed by atoms with Gasteiger partial charge in [0.1, 0.15) is 11.6 Å². The second-order valence-corrected chi connectivity index (χ2v) is 8.17. The summed E-state index contributed by atoms with van der Waals surface area (Å²) in [6.45, 7) is 1.82. The van der Waals surface area contributed by atoms with Crippen molar-refractivity contribution in [3.63, 3.8) is 0 Å². The highest BCUT2D eigenvalue weighted by Gasteiger charge is 2.32. The van der Waals surface area contributed by atoms with E-state index in [0.717, 1.165) is 18.6 Å². The quantitative estimate of drug-likeness (QED) is 0.577. The van der Waals surface area contributed by atoms with E-state index in [1.165, 1.54) is 17.8 Å². The highest BCUT2D eigenvalue weighted by atomic mass is 32.2. The van der Waals surface area contributed by atoms with Crippen LogP contribution >= 0.6 is 11.8 Å². The van der Waals surface area contributed by atoms with Crippen LogP contribution in [0, 0.1) is 5.82 Å². The van der Waals surface area contributed by atoms with Crippen molar-refractivity contribution in [2.75, 3.05) is 12.4 Å². The molecule has 1 aliphatic rings. The van der Waals surface area contributed by atoms with Crippen molar-refractivity contribution in [3.05, 3.63) is 54.3 Å². The van der Waals surface area contributed by atoms with Crippen LogP contribution in [0.3, 0.4) is 0 Å². The van der Waals surface area contributed by atoms with Crippen LogP contribution in [0.5, 0.6) is 5.75 Å². The van der Waals surface area contributed by atoms with Crippen molar-refractivity contribution in [2.24, 2.45) is 0 Å². The van der Waals surface area contributed by atoms with Crippen LogP contribution in [-0.4, -0.2) is 33.0 Å². The smallest absolute Gasteiger partial charge is 0.237 e. The third kappa shape index (κ3) is 4.27. The molecule has 2 aromatic carbocycles. The Morgan fingerprint density at radius 3 is 2.59 bits per heavy atom. The van der Waals surface area contributed by atoms with E-state index < -0.39 is 5.25 Å². The second kappa shape index (κ2) is 8.24. The minimum absolute atomic E-state index is 0.141. The fraction of sp³-hybridized carbons (Fsp3) is 0.286. The van der Waals surface area contributed by atoms with E-state index in [-0.39, 0.29) is 17.8 Å². The molecule has 0 radical (unpaired) electrons. The molecule has 8 heteroatoms. The number of anilines is 1. The van der Waals surface area contributed by atoms with Crippen molar-refractivity contribution in [2.45, 2.75) is 36.2 Å². The summed E-state index contributed by atoms with van der Waals surface area (Å²) in [5.74, 6) is 0.765. The first kappa shape index (κ1) is 19.4. The highest BCUT2D eigenvalue weighted by molar-refractivity contribution is 8.00. The maximum atomic E-state index is 14.3. The summed E-state index contributed by atoms with van der Waals surface area (Å²) in [7, 11) is 1.60. The number of benzene rings is 2. The van der Waals surface area contributed by atoms with Crippen LogP contribution in [0.1, 0.15) is 25.8 Å². The molecule has 4 rings (SSSR count). The van der Waals surface area contributed by atoms with Crippen LogP contribution in [0.15, 0.2) is 53.7 Å². The van der Waals surface area contributed by atoms with Gasteiger partial charge in [0, 0.05) is 11.7 Å². The molecule has 1 N–H and O–H groups in total. The van der Waals surface area contributed by atoms with Crippen molar-refractivity contribution in [3.8, 4) is 17.1 Å². The van der Waals surface area contributed by atoms with Gasteiger partial charge in [0.2, 0.25) is 5.91 Å². The normalized spacial score (nSPS) is 14.4. The van der Waals surface area contributed by atoms with Gasteiger partial charge in [-0.1, -0.05) is 23.9 Å². The Morgan fingerprint density at radius 1 is 1.21 bits per heavy atom. The van der Waals surface area contributed by atoms with E-state index >= 15 is 0 Å². The number of aromatic nitrogens is 3. The topological polar surface area (TPSA) is 69.0 Å². The summed E-state index contributed by atoms with van der Waals surface area (Å²) in [5.41, 5.74) is 1.12. The van der Waals surface area contributed by atoms with Gasteiger partial charge >= 0.3 is 0 Å². The van der Waals surface area contributed by atoms with Gasteiger partial charge in [-0.2, -0.15) is 0 Å². The van der Waals surface area contributed by atoms with Crippen molar-refractivity contribution < 1.29 is 13.9 Å². The molecule has 0 spiro atoms. The molecule has 0 saturated heterocycles. The lowest BCUT2D eigenvalue weighted by molar-refractivity contribution is -0.115. The standard InChI is InChI=1S/C21H21FN4O2S/c1-13(20(27)23-14-7-11-16(28-2)12-8-14)29-21-25-24-19(26(21)15-9-10-15)17-5-3-4-6-18(17)22/h3-8,11-13,15H,9-10H2,1-2H3,(H,23,27)/t13-/m1/s1. The predicted octanol–water partition coefficient (Wildman–Crippen LogP) is 4.55. The van der Waals surface area contributed by atoms with E-state index in [9.17, 15) is 9.18 Å². The zero-order chi connectivity index (χ0) is 20.4. The lowest BCUT2D eigenvalue weighted by Gasteiger charge is -2.14. The van der Waals surface area contributed by atoms with Gasteiger partial charge in [-0.3, -0.25) is 9.36 Å². The first-order valence-electron chi connectivity index (χ1n) is 9.38. The molecule has 1 heterocycles. The fourth-order valence-electron chi connectivity index (χ4n) is 2.98. The molecule has 150 valence electrons. The van der Waals surface area contributed by atoms with E-state index in [1.807, 2.05) is 11.5 Å². The van der Waals surface area contributed by atoms with Gasteiger partial charge in [-0.15, -0.1) is 10.2 Å². The zero-order valence-corrected chi connectivity index (χ0v) is 16.9. The van der Waals surface area contributed by atoms with Crippen LogP contribution in [0.4, 0.5) is 10.1 Å². The Kier molecular flexibility index (Phi) is 5.53. The maximum absolute atomic E-state index is 14.3. The van der Waals surface area contributed by atoms with Crippen LogP contribution in [-0.2, 0) is 4.79 Å². The Morgan fingerprint density at radius 2 is 1.93 bits per heavy atom. The number of carbonyl (C=O) groups is 1. The van der Waals surface area contributed by atoms with E-state index in [2.05, 4.69) is 15.5 Å². The van der Waals surface area contributed by atoms with Crippen LogP contribution in [0.25, 0.3) is 11.4 Å². The van der Waals surface area contributed by atoms with Crippen LogP contribution < -0.4 is 10.1 Å². The molecule has 1 amide bonds. The molecule has 6 nitrogen and oxygen atoms in total. The number of ether oxygens (including phenoxy) is 1. The Bertz CT molecular complexity index is 1020. The molecule has 3 aromatic rings. The first-order valence-corrected chi connectivity index (χ1v) is 10.3. The molecule has 1 fully saturated rings. The first-order chi connectivity index (χ1) is 14.1. The van der Waals surface area contributed by atoms with Gasteiger partial charge in [-0.25, -0.2) is 4.39 Å². The number of nitrogens with zero attached hydrogens (tertiary/aromatic N) is 3. The lowest BCUT2D eigenvalue weighted by atomic mass is 10.2. The third-order valence-corrected chi connectivity index (χ3v) is 5.76. The number of amides is 1. The minimum Gasteiger partial charge on any atom is -0.497 e. The summed E-state index contributed by atoms with van der Waals surface area (Å²) in [4.78, 5) is 12.6. The summed E-state index contributed by atoms with van der Waals surface area (Å²) in [6, 6.07) is 14.0. The molecule has 0 bridgehead atoms. The molecule has 29 heavy (non-hydrogen) atoms. The van der Waals surface area contributed by atoms with Gasteiger partial charge < -0.3 is 10.1 Å². The number of halogens is 1.